The second-order valence-electron chi connectivity index (χ2n) is 4.67. The second kappa shape index (κ2) is 6.56. The first kappa shape index (κ1) is 18.9. The zero-order valence-corrected chi connectivity index (χ0v) is 12.9. The van der Waals surface area contributed by atoms with Gasteiger partial charge in [-0.25, -0.2) is 17.9 Å². The molecule has 0 amide bonds. The highest BCUT2D eigenvalue weighted by atomic mass is 32.3. The molecular weight excluding hydrogens is 348 g/mol. The molecule has 8 nitrogen and oxygen atoms in total. The predicted molar refractivity (Wildman–Crippen MR) is 70.9 cm³/mol. The maximum Gasteiger partial charge on any atom is 0.484 e. The lowest BCUT2D eigenvalue weighted by Crippen LogP contribution is -2.49. The van der Waals surface area contributed by atoms with E-state index in [1.165, 1.54) is 0 Å². The van der Waals surface area contributed by atoms with Crippen LogP contribution in [0.5, 0.6) is 0 Å². The molecule has 0 atom stereocenters. The minimum absolute atomic E-state index is 0.0654. The average molecular weight is 363 g/mol. The molecule has 0 aliphatic heterocycles. The van der Waals surface area contributed by atoms with Gasteiger partial charge < -0.3 is 4.74 Å². The SMILES string of the molecule is C=CC(=O)OC1CCC(NS(=O)(=O)C(F)(F)S(=O)(=O)O)CC1. The predicted octanol–water partition coefficient (Wildman–Crippen LogP) is 0.384. The van der Waals surface area contributed by atoms with E-state index in [-0.39, 0.29) is 25.7 Å². The molecule has 0 aromatic heterocycles. The summed E-state index contributed by atoms with van der Waals surface area (Å²) in [6.07, 6.45) is 1.02. The normalized spacial score (nSPS) is 23.8. The van der Waals surface area contributed by atoms with Gasteiger partial charge in [0.2, 0.25) is 0 Å². The Kier molecular flexibility index (Phi) is 5.65. The first-order valence-corrected chi connectivity index (χ1v) is 9.03. The van der Waals surface area contributed by atoms with E-state index in [0.717, 1.165) is 6.08 Å². The third kappa shape index (κ3) is 4.21. The summed E-state index contributed by atoms with van der Waals surface area (Å²) in [4.78, 5) is 11.0. The van der Waals surface area contributed by atoms with E-state index >= 15 is 0 Å². The molecule has 1 aliphatic carbocycles. The fourth-order valence-corrected chi connectivity index (χ4v) is 4.00. The molecule has 0 heterocycles. The maximum absolute atomic E-state index is 13.2. The lowest BCUT2D eigenvalue weighted by atomic mass is 9.94. The summed E-state index contributed by atoms with van der Waals surface area (Å²) in [6.45, 7) is 3.21. The molecule has 0 radical (unpaired) electrons. The molecule has 12 heteroatoms. The van der Waals surface area contributed by atoms with Crippen LogP contribution in [0.4, 0.5) is 8.78 Å². The van der Waals surface area contributed by atoms with Crippen LogP contribution in [0, 0.1) is 0 Å². The Bertz CT molecular complexity index is 636. The standard InChI is InChI=1S/C10H15F2NO7S2/c1-2-9(14)20-8-5-3-7(4-6-8)13-21(15,16)10(11,12)22(17,18)19/h2,7-8,13H,1,3-6H2,(H,17,18,19). The molecular formula is C10H15F2NO7S2. The van der Waals surface area contributed by atoms with E-state index < -0.39 is 42.8 Å². The van der Waals surface area contributed by atoms with E-state index in [4.69, 9.17) is 9.29 Å². The van der Waals surface area contributed by atoms with Crippen molar-refractivity contribution >= 4 is 26.1 Å². The molecule has 1 fully saturated rings. The Morgan fingerprint density at radius 1 is 1.23 bits per heavy atom. The van der Waals surface area contributed by atoms with E-state index in [9.17, 15) is 30.4 Å². The zero-order valence-electron chi connectivity index (χ0n) is 11.2. The van der Waals surface area contributed by atoms with Crippen molar-refractivity contribution in [3.63, 3.8) is 0 Å². The molecule has 0 saturated heterocycles. The van der Waals surface area contributed by atoms with Gasteiger partial charge in [-0.2, -0.15) is 17.2 Å². The van der Waals surface area contributed by atoms with Crippen LogP contribution in [0.3, 0.4) is 0 Å². The number of hydrogen-bond donors (Lipinski definition) is 2. The number of nitrogens with one attached hydrogen (secondary N) is 1. The van der Waals surface area contributed by atoms with Gasteiger partial charge >= 0.3 is 20.7 Å². The average Bonchev–Trinajstić information content (AvgIpc) is 2.39. The van der Waals surface area contributed by atoms with Crippen molar-refractivity contribution in [1.82, 2.24) is 4.72 Å². The summed E-state index contributed by atoms with van der Waals surface area (Å²) in [5.74, 6) is -0.651. The van der Waals surface area contributed by atoms with Gasteiger partial charge in [-0.1, -0.05) is 6.58 Å². The number of esters is 1. The lowest BCUT2D eigenvalue weighted by Gasteiger charge is -2.29. The number of halogens is 2. The summed E-state index contributed by atoms with van der Waals surface area (Å²) in [5.41, 5.74) is 0. The molecule has 128 valence electrons. The third-order valence-corrected chi connectivity index (χ3v) is 6.22. The summed E-state index contributed by atoms with van der Waals surface area (Å²) in [7, 11) is -11.7. The van der Waals surface area contributed by atoms with Crippen molar-refractivity contribution in [3.05, 3.63) is 12.7 Å². The van der Waals surface area contributed by atoms with Crippen LogP contribution in [0.25, 0.3) is 0 Å². The van der Waals surface area contributed by atoms with Crippen molar-refractivity contribution < 1.29 is 39.7 Å². The number of sulfonamides is 1. The minimum atomic E-state index is -6.11. The Hall–Kier alpha value is -1.11. The van der Waals surface area contributed by atoms with Gasteiger partial charge in [0.1, 0.15) is 6.10 Å². The number of carbonyl (C=O) groups excluding carboxylic acids is 1. The molecule has 1 aliphatic rings. The zero-order chi connectivity index (χ0) is 17.2. The highest BCUT2D eigenvalue weighted by molar-refractivity contribution is 8.06. The molecule has 0 unspecified atom stereocenters. The van der Waals surface area contributed by atoms with E-state index in [1.54, 1.807) is 4.72 Å². The molecule has 1 saturated carbocycles. The molecule has 0 bridgehead atoms. The van der Waals surface area contributed by atoms with Crippen LogP contribution >= 0.6 is 0 Å². The van der Waals surface area contributed by atoms with Crippen molar-refractivity contribution in [2.75, 3.05) is 0 Å². The summed E-state index contributed by atoms with van der Waals surface area (Å²) >= 11 is 0. The highest BCUT2D eigenvalue weighted by Crippen LogP contribution is 2.29. The van der Waals surface area contributed by atoms with Crippen LogP contribution in [0.1, 0.15) is 25.7 Å². The van der Waals surface area contributed by atoms with Crippen molar-refractivity contribution in [3.8, 4) is 0 Å². The molecule has 2 N–H and O–H groups in total. The number of rotatable bonds is 6. The van der Waals surface area contributed by atoms with Gasteiger partial charge in [-0.05, 0) is 25.7 Å². The Labute approximate surface area is 126 Å². The quantitative estimate of drug-likeness (QED) is 0.397. The maximum atomic E-state index is 13.2. The molecule has 0 spiro atoms. The van der Waals surface area contributed by atoms with Gasteiger partial charge in [0.05, 0.1) is 0 Å². The summed E-state index contributed by atoms with van der Waals surface area (Å²) < 4.78 is 79.5. The van der Waals surface area contributed by atoms with Crippen LogP contribution in [0.15, 0.2) is 12.7 Å². The van der Waals surface area contributed by atoms with Gasteiger partial charge in [0, 0.05) is 12.1 Å². The minimum Gasteiger partial charge on any atom is -0.459 e. The number of alkyl halides is 2. The summed E-state index contributed by atoms with van der Waals surface area (Å²) in [6, 6.07) is -0.948. The number of ether oxygens (including phenoxy) is 1. The highest BCUT2D eigenvalue weighted by Gasteiger charge is 2.58. The van der Waals surface area contributed by atoms with E-state index in [1.807, 2.05) is 0 Å². The first-order valence-electron chi connectivity index (χ1n) is 6.10. The Morgan fingerprint density at radius 2 is 1.73 bits per heavy atom. The van der Waals surface area contributed by atoms with E-state index in [2.05, 4.69) is 6.58 Å². The first-order chi connectivity index (χ1) is 9.90. The largest absolute Gasteiger partial charge is 0.484 e. The molecule has 22 heavy (non-hydrogen) atoms. The smallest absolute Gasteiger partial charge is 0.459 e. The second-order valence-corrected chi connectivity index (χ2v) is 8.15. The van der Waals surface area contributed by atoms with Crippen molar-refractivity contribution in [2.45, 2.75) is 42.4 Å². The Morgan fingerprint density at radius 3 is 2.14 bits per heavy atom. The van der Waals surface area contributed by atoms with Gasteiger partial charge in [-0.15, -0.1) is 0 Å². The van der Waals surface area contributed by atoms with Crippen molar-refractivity contribution in [1.29, 1.82) is 0 Å². The van der Waals surface area contributed by atoms with Crippen LogP contribution < -0.4 is 4.72 Å². The number of hydrogen-bond acceptors (Lipinski definition) is 6. The number of carbonyl (C=O) groups is 1. The summed E-state index contributed by atoms with van der Waals surface area (Å²) in [5, 5.41) is 0. The monoisotopic (exact) mass is 363 g/mol. The molecule has 0 aromatic carbocycles. The molecule has 0 aromatic rings. The Balaban J connectivity index is 2.67. The topological polar surface area (TPSA) is 127 Å². The fourth-order valence-electron chi connectivity index (χ4n) is 1.94. The van der Waals surface area contributed by atoms with Crippen LogP contribution in [0.2, 0.25) is 0 Å². The van der Waals surface area contributed by atoms with Gasteiger partial charge in [0.25, 0.3) is 10.0 Å². The van der Waals surface area contributed by atoms with Crippen LogP contribution in [-0.2, 0) is 29.7 Å². The van der Waals surface area contributed by atoms with Gasteiger partial charge in [-0.3, -0.25) is 4.55 Å². The van der Waals surface area contributed by atoms with E-state index in [0.29, 0.717) is 0 Å². The van der Waals surface area contributed by atoms with Gasteiger partial charge in [0.15, 0.2) is 0 Å². The molecule has 1 rings (SSSR count). The van der Waals surface area contributed by atoms with Crippen LogP contribution in [-0.4, -0.2) is 44.1 Å². The van der Waals surface area contributed by atoms with Crippen molar-refractivity contribution in [2.24, 2.45) is 0 Å². The lowest BCUT2D eigenvalue weighted by molar-refractivity contribution is -0.144. The third-order valence-electron chi connectivity index (χ3n) is 3.06. The fraction of sp³-hybridized carbons (Fsp3) is 0.700.